The molecule has 0 saturated carbocycles. The highest BCUT2D eigenvalue weighted by Gasteiger charge is 2.36. The third-order valence-electron chi connectivity index (χ3n) is 5.80. The molecule has 0 radical (unpaired) electrons. The van der Waals surface area contributed by atoms with Gasteiger partial charge in [-0.25, -0.2) is 0 Å². The molecule has 0 atom stereocenters. The Balaban J connectivity index is 1.92. The van der Waals surface area contributed by atoms with Crippen molar-refractivity contribution in [1.82, 2.24) is 0 Å². The number of hydrogen-bond acceptors (Lipinski definition) is 7. The number of benzene rings is 3. The van der Waals surface area contributed by atoms with E-state index in [0.717, 1.165) is 16.7 Å². The molecule has 0 heterocycles. The van der Waals surface area contributed by atoms with Crippen molar-refractivity contribution < 1.29 is 34.5 Å². The van der Waals surface area contributed by atoms with Crippen molar-refractivity contribution in [2.45, 2.75) is 40.0 Å². The van der Waals surface area contributed by atoms with E-state index in [1.165, 1.54) is 12.1 Å². The number of phenolic OH excluding ortho intramolecular Hbond substituents is 3. The first-order valence-electron chi connectivity index (χ1n) is 11.4. The normalized spacial score (nSPS) is 10.9. The Labute approximate surface area is 201 Å². The lowest BCUT2D eigenvalue weighted by molar-refractivity contribution is 0.352. The van der Waals surface area contributed by atoms with Crippen molar-refractivity contribution in [1.29, 1.82) is 0 Å². The Morgan fingerprint density at radius 3 is 1.18 bits per heavy atom. The van der Waals surface area contributed by atoms with E-state index >= 15 is 0 Å². The average Bonchev–Trinajstić information content (AvgIpc) is 2.82. The van der Waals surface area contributed by atoms with Gasteiger partial charge in [-0.05, 0) is 54.2 Å². The van der Waals surface area contributed by atoms with E-state index < -0.39 is 21.4 Å². The number of phenols is 3. The van der Waals surface area contributed by atoms with Gasteiger partial charge in [0, 0.05) is 16.4 Å². The van der Waals surface area contributed by atoms with Gasteiger partial charge >= 0.3 is 21.4 Å². The number of hydrogen-bond donors (Lipinski definition) is 5. The maximum atomic E-state index is 10.7. The van der Waals surface area contributed by atoms with Gasteiger partial charge in [0.1, 0.15) is 17.2 Å². The minimum atomic E-state index is -1.62. The lowest BCUT2D eigenvalue weighted by atomic mass is 9.66. The van der Waals surface area contributed by atoms with Gasteiger partial charge in [-0.15, -0.1) is 0 Å². The number of aryl methyl sites for hydroxylation is 3. The SMILES string of the molecule is CCc1ccc(B(O)OB(OB(O)c2ccc(CC)cc2O)c2ccc(CC)cc2O)c(O)c1. The molecule has 0 aliphatic rings. The monoisotopic (exact) mass is 462 g/mol. The smallest absolute Gasteiger partial charge is 0.481 e. The highest BCUT2D eigenvalue weighted by atomic mass is 16.6. The molecule has 0 fully saturated rings. The van der Waals surface area contributed by atoms with E-state index in [9.17, 15) is 25.4 Å². The van der Waals surface area contributed by atoms with Gasteiger partial charge < -0.3 is 34.5 Å². The summed E-state index contributed by atoms with van der Waals surface area (Å²) in [5, 5.41) is 52.7. The second kappa shape index (κ2) is 11.5. The Morgan fingerprint density at radius 1 is 0.559 bits per heavy atom. The van der Waals surface area contributed by atoms with Gasteiger partial charge in [0.15, 0.2) is 0 Å². The molecule has 0 spiro atoms. The van der Waals surface area contributed by atoms with Gasteiger partial charge in [0.2, 0.25) is 0 Å². The molecule has 5 N–H and O–H groups in total. The highest BCUT2D eigenvalue weighted by Crippen LogP contribution is 2.16. The Hall–Kier alpha value is -2.91. The first-order valence-corrected chi connectivity index (χ1v) is 11.4. The zero-order chi connectivity index (χ0) is 24.8. The Morgan fingerprint density at radius 2 is 0.882 bits per heavy atom. The second-order valence-corrected chi connectivity index (χ2v) is 8.05. The molecule has 10 heteroatoms. The topological polar surface area (TPSA) is 120 Å². The molecule has 0 bridgehead atoms. The van der Waals surface area contributed by atoms with Crippen LogP contribution in [0.4, 0.5) is 0 Å². The van der Waals surface area contributed by atoms with Crippen LogP contribution in [0.1, 0.15) is 37.5 Å². The molecule has 7 nitrogen and oxygen atoms in total. The molecule has 0 amide bonds. The minimum absolute atomic E-state index is 0.111. The fraction of sp³-hybridized carbons (Fsp3) is 0.250. The van der Waals surface area contributed by atoms with Crippen molar-refractivity contribution in [3.63, 3.8) is 0 Å². The van der Waals surface area contributed by atoms with Crippen LogP contribution in [-0.4, -0.2) is 46.7 Å². The zero-order valence-electron chi connectivity index (χ0n) is 19.6. The van der Waals surface area contributed by atoms with Crippen LogP contribution in [0.3, 0.4) is 0 Å². The minimum Gasteiger partial charge on any atom is -0.508 e. The lowest BCUT2D eigenvalue weighted by Gasteiger charge is -2.21. The molecular formula is C24H29B3O7. The first kappa shape index (κ1) is 25.7. The van der Waals surface area contributed by atoms with Crippen LogP contribution < -0.4 is 16.4 Å². The Kier molecular flexibility index (Phi) is 8.69. The van der Waals surface area contributed by atoms with E-state index in [0.29, 0.717) is 19.3 Å². The summed E-state index contributed by atoms with van der Waals surface area (Å²) in [5.41, 5.74) is 3.04. The summed E-state index contributed by atoms with van der Waals surface area (Å²) in [7, 11) is -4.67. The van der Waals surface area contributed by atoms with Crippen molar-refractivity contribution in [2.75, 3.05) is 0 Å². The molecule has 0 aliphatic carbocycles. The molecule has 3 rings (SSSR count). The van der Waals surface area contributed by atoms with Crippen molar-refractivity contribution in [2.24, 2.45) is 0 Å². The van der Waals surface area contributed by atoms with E-state index in [1.54, 1.807) is 42.5 Å². The molecule has 34 heavy (non-hydrogen) atoms. The van der Waals surface area contributed by atoms with E-state index in [-0.39, 0.29) is 33.6 Å². The zero-order valence-corrected chi connectivity index (χ0v) is 19.6. The highest BCUT2D eigenvalue weighted by molar-refractivity contribution is 6.80. The van der Waals surface area contributed by atoms with Crippen LogP contribution in [0.15, 0.2) is 54.6 Å². The fourth-order valence-corrected chi connectivity index (χ4v) is 3.60. The van der Waals surface area contributed by atoms with E-state index in [1.807, 2.05) is 20.8 Å². The van der Waals surface area contributed by atoms with E-state index in [2.05, 4.69) is 0 Å². The van der Waals surface area contributed by atoms with Crippen LogP contribution >= 0.6 is 0 Å². The molecule has 176 valence electrons. The summed E-state index contributed by atoms with van der Waals surface area (Å²) < 4.78 is 11.4. The quantitative estimate of drug-likeness (QED) is 0.286. The summed E-state index contributed by atoms with van der Waals surface area (Å²) in [4.78, 5) is 0. The summed E-state index contributed by atoms with van der Waals surface area (Å²) in [6, 6.07) is 14.6. The maximum absolute atomic E-state index is 10.7. The fourth-order valence-electron chi connectivity index (χ4n) is 3.60. The van der Waals surface area contributed by atoms with Gasteiger partial charge in [0.25, 0.3) is 0 Å². The predicted octanol–water partition coefficient (Wildman–Crippen LogP) is 0.994. The lowest BCUT2D eigenvalue weighted by Crippen LogP contribution is -2.51. The van der Waals surface area contributed by atoms with Crippen LogP contribution in [0, 0.1) is 0 Å². The van der Waals surface area contributed by atoms with Crippen LogP contribution in [0.2, 0.25) is 0 Å². The molecular weight excluding hydrogens is 433 g/mol. The largest absolute Gasteiger partial charge is 0.508 e. The number of aromatic hydroxyl groups is 3. The molecule has 0 aliphatic heterocycles. The summed E-state index contributed by atoms with van der Waals surface area (Å²) in [5.74, 6) is -0.436. The standard InChI is InChI=1S/C24H29B3O7/c1-4-16-7-10-19(22(28)13-16)25(31)33-27(21-12-9-18(6-3)15-24(21)30)34-26(32)20-11-8-17(5-2)14-23(20)29/h7-15,28-32H,4-6H2,1-3H3. The van der Waals surface area contributed by atoms with Gasteiger partial charge in [-0.3, -0.25) is 0 Å². The molecule has 3 aromatic carbocycles. The summed E-state index contributed by atoms with van der Waals surface area (Å²) >= 11 is 0. The third kappa shape index (κ3) is 5.96. The van der Waals surface area contributed by atoms with Crippen molar-refractivity contribution in [3.8, 4) is 17.2 Å². The molecule has 0 aromatic heterocycles. The van der Waals surface area contributed by atoms with Crippen LogP contribution in [0.25, 0.3) is 0 Å². The molecule has 0 saturated heterocycles. The van der Waals surface area contributed by atoms with Crippen LogP contribution in [0.5, 0.6) is 17.2 Å². The van der Waals surface area contributed by atoms with Crippen molar-refractivity contribution >= 4 is 37.7 Å². The maximum Gasteiger partial charge on any atom is 0.481 e. The molecule has 0 unspecified atom stereocenters. The van der Waals surface area contributed by atoms with E-state index in [4.69, 9.17) is 9.14 Å². The second-order valence-electron chi connectivity index (χ2n) is 8.05. The Bertz CT molecular complexity index is 1060. The van der Waals surface area contributed by atoms with Crippen LogP contribution in [-0.2, 0) is 28.4 Å². The average molecular weight is 462 g/mol. The van der Waals surface area contributed by atoms with Gasteiger partial charge in [-0.2, -0.15) is 0 Å². The summed E-state index contributed by atoms with van der Waals surface area (Å²) in [6.45, 7) is 5.83. The third-order valence-corrected chi connectivity index (χ3v) is 5.80. The van der Waals surface area contributed by atoms with Gasteiger partial charge in [-0.1, -0.05) is 57.2 Å². The predicted molar refractivity (Wildman–Crippen MR) is 135 cm³/mol. The van der Waals surface area contributed by atoms with Gasteiger partial charge in [0.05, 0.1) is 0 Å². The first-order chi connectivity index (χ1) is 16.3. The number of rotatable bonds is 10. The van der Waals surface area contributed by atoms with Crippen molar-refractivity contribution in [3.05, 3.63) is 71.3 Å². The summed E-state index contributed by atoms with van der Waals surface area (Å²) in [6.07, 6.45) is 2.11. The molecule has 3 aromatic rings.